The Kier molecular flexibility index (Phi) is 2.88. The van der Waals surface area contributed by atoms with Gasteiger partial charge in [0.1, 0.15) is 0 Å². The first-order valence-electron chi connectivity index (χ1n) is 4.86. The third-order valence-electron chi connectivity index (χ3n) is 2.87. The van der Waals surface area contributed by atoms with Gasteiger partial charge in [-0.25, -0.2) is 0 Å². The van der Waals surface area contributed by atoms with Crippen molar-refractivity contribution in [1.29, 1.82) is 0 Å². The van der Waals surface area contributed by atoms with Gasteiger partial charge < -0.3 is 9.31 Å². The Labute approximate surface area is 81.4 Å². The van der Waals surface area contributed by atoms with Gasteiger partial charge in [0.25, 0.3) is 0 Å². The molecule has 13 heavy (non-hydrogen) atoms. The molecule has 0 amide bonds. The molecule has 0 N–H and O–H groups in total. The molecule has 0 atom stereocenters. The van der Waals surface area contributed by atoms with Crippen LogP contribution in [0.25, 0.3) is 0 Å². The van der Waals surface area contributed by atoms with Crippen molar-refractivity contribution in [2.24, 2.45) is 0 Å². The fraction of sp³-hybridized carbons (Fsp3) is 0.800. The van der Waals surface area contributed by atoms with Crippen LogP contribution in [-0.4, -0.2) is 18.3 Å². The SMILES string of the molecule is CC=CCB1OC(C)(C)C(C)(C)O1. The second kappa shape index (κ2) is 3.47. The molecule has 2 nitrogen and oxygen atoms in total. The summed E-state index contributed by atoms with van der Waals surface area (Å²) < 4.78 is 11.6. The Morgan fingerprint density at radius 2 is 1.54 bits per heavy atom. The van der Waals surface area contributed by atoms with Gasteiger partial charge in [0, 0.05) is 6.32 Å². The second-order valence-electron chi connectivity index (χ2n) is 4.49. The molecule has 1 aliphatic heterocycles. The van der Waals surface area contributed by atoms with Gasteiger partial charge in [0.2, 0.25) is 0 Å². The maximum atomic E-state index is 5.79. The van der Waals surface area contributed by atoms with Gasteiger partial charge >= 0.3 is 7.12 Å². The highest BCUT2D eigenvalue weighted by Crippen LogP contribution is 2.37. The largest absolute Gasteiger partial charge is 0.461 e. The fourth-order valence-electron chi connectivity index (χ4n) is 1.31. The Bertz CT molecular complexity index is 193. The van der Waals surface area contributed by atoms with E-state index in [1.807, 2.05) is 13.0 Å². The molecule has 0 spiro atoms. The van der Waals surface area contributed by atoms with E-state index in [1.54, 1.807) is 0 Å². The third kappa shape index (κ3) is 2.15. The van der Waals surface area contributed by atoms with Crippen LogP contribution >= 0.6 is 0 Å². The molecular weight excluding hydrogens is 163 g/mol. The van der Waals surface area contributed by atoms with Crippen molar-refractivity contribution in [3.63, 3.8) is 0 Å². The van der Waals surface area contributed by atoms with Crippen molar-refractivity contribution >= 4 is 7.12 Å². The summed E-state index contributed by atoms with van der Waals surface area (Å²) in [5, 5.41) is 0. The molecule has 0 saturated carbocycles. The summed E-state index contributed by atoms with van der Waals surface area (Å²) >= 11 is 0. The third-order valence-corrected chi connectivity index (χ3v) is 2.87. The summed E-state index contributed by atoms with van der Waals surface area (Å²) in [5.41, 5.74) is -0.390. The molecule has 3 heteroatoms. The van der Waals surface area contributed by atoms with Gasteiger partial charge in [-0.05, 0) is 34.6 Å². The van der Waals surface area contributed by atoms with Crippen LogP contribution in [0.15, 0.2) is 12.2 Å². The van der Waals surface area contributed by atoms with Crippen LogP contribution in [0.1, 0.15) is 34.6 Å². The number of hydrogen-bond donors (Lipinski definition) is 0. The van der Waals surface area contributed by atoms with Gasteiger partial charge in [0.05, 0.1) is 11.2 Å². The lowest BCUT2D eigenvalue weighted by Crippen LogP contribution is -2.41. The van der Waals surface area contributed by atoms with Crippen molar-refractivity contribution in [3.8, 4) is 0 Å². The first-order chi connectivity index (χ1) is 5.89. The summed E-state index contributed by atoms with van der Waals surface area (Å²) in [6.45, 7) is 10.3. The minimum Gasteiger partial charge on any atom is -0.403 e. The number of allylic oxidation sites excluding steroid dienone is 2. The van der Waals surface area contributed by atoms with E-state index < -0.39 is 0 Å². The zero-order valence-corrected chi connectivity index (χ0v) is 9.26. The van der Waals surface area contributed by atoms with Gasteiger partial charge in [-0.2, -0.15) is 0 Å². The van der Waals surface area contributed by atoms with Crippen LogP contribution in [-0.2, 0) is 9.31 Å². The predicted octanol–water partition coefficient (Wildman–Crippen LogP) is 2.65. The summed E-state index contributed by atoms with van der Waals surface area (Å²) in [5.74, 6) is 0. The molecule has 1 saturated heterocycles. The number of hydrogen-bond acceptors (Lipinski definition) is 2. The van der Waals surface area contributed by atoms with E-state index in [0.29, 0.717) is 0 Å². The Hall–Kier alpha value is -0.275. The second-order valence-corrected chi connectivity index (χ2v) is 4.49. The first-order valence-corrected chi connectivity index (χ1v) is 4.86. The van der Waals surface area contributed by atoms with Crippen LogP contribution in [0.4, 0.5) is 0 Å². The Morgan fingerprint density at radius 3 is 1.92 bits per heavy atom. The number of rotatable bonds is 2. The summed E-state index contributed by atoms with van der Waals surface area (Å²) in [7, 11) is -0.0822. The zero-order valence-electron chi connectivity index (χ0n) is 9.26. The molecule has 0 aliphatic carbocycles. The highest BCUT2D eigenvalue weighted by Gasteiger charge is 2.50. The molecular formula is C10H19BO2. The Morgan fingerprint density at radius 1 is 1.08 bits per heavy atom. The van der Waals surface area contributed by atoms with E-state index in [0.717, 1.165) is 6.32 Å². The van der Waals surface area contributed by atoms with Crippen LogP contribution < -0.4 is 0 Å². The van der Waals surface area contributed by atoms with Gasteiger partial charge in [-0.15, -0.1) is 0 Å². The topological polar surface area (TPSA) is 18.5 Å². The van der Waals surface area contributed by atoms with Gasteiger partial charge in [-0.3, -0.25) is 0 Å². The lowest BCUT2D eigenvalue weighted by Gasteiger charge is -2.32. The highest BCUT2D eigenvalue weighted by atomic mass is 16.7. The Balaban J connectivity index is 2.60. The molecule has 0 unspecified atom stereocenters. The van der Waals surface area contributed by atoms with Crippen LogP contribution in [0.3, 0.4) is 0 Å². The predicted molar refractivity (Wildman–Crippen MR) is 55.7 cm³/mol. The van der Waals surface area contributed by atoms with E-state index >= 15 is 0 Å². The van der Waals surface area contributed by atoms with Crippen molar-refractivity contribution in [3.05, 3.63) is 12.2 Å². The summed E-state index contributed by atoms with van der Waals surface area (Å²) in [6, 6.07) is 0. The first kappa shape index (κ1) is 10.8. The van der Waals surface area contributed by atoms with E-state index in [-0.39, 0.29) is 18.3 Å². The van der Waals surface area contributed by atoms with E-state index in [9.17, 15) is 0 Å². The zero-order chi connectivity index (χ0) is 10.1. The minimum atomic E-state index is -0.195. The molecule has 0 aromatic heterocycles. The van der Waals surface area contributed by atoms with Gasteiger partial charge in [-0.1, -0.05) is 12.2 Å². The highest BCUT2D eigenvalue weighted by molar-refractivity contribution is 6.46. The van der Waals surface area contributed by atoms with Crippen molar-refractivity contribution < 1.29 is 9.31 Å². The van der Waals surface area contributed by atoms with Crippen molar-refractivity contribution in [1.82, 2.24) is 0 Å². The fourth-order valence-corrected chi connectivity index (χ4v) is 1.31. The van der Waals surface area contributed by atoms with Gasteiger partial charge in [0.15, 0.2) is 0 Å². The molecule has 0 radical (unpaired) electrons. The maximum Gasteiger partial charge on any atom is 0.461 e. The monoisotopic (exact) mass is 182 g/mol. The molecule has 0 aromatic rings. The maximum absolute atomic E-state index is 5.79. The quantitative estimate of drug-likeness (QED) is 0.482. The molecule has 1 fully saturated rings. The van der Waals surface area contributed by atoms with E-state index in [4.69, 9.17) is 9.31 Å². The minimum absolute atomic E-state index is 0.0822. The normalized spacial score (nSPS) is 25.8. The van der Waals surface area contributed by atoms with E-state index in [1.165, 1.54) is 0 Å². The van der Waals surface area contributed by atoms with Crippen molar-refractivity contribution in [2.45, 2.75) is 52.1 Å². The summed E-state index contributed by atoms with van der Waals surface area (Å²) in [4.78, 5) is 0. The van der Waals surface area contributed by atoms with Crippen LogP contribution in [0, 0.1) is 0 Å². The molecule has 1 heterocycles. The molecule has 0 bridgehead atoms. The van der Waals surface area contributed by atoms with Crippen LogP contribution in [0.2, 0.25) is 6.32 Å². The molecule has 0 aromatic carbocycles. The lowest BCUT2D eigenvalue weighted by atomic mass is 9.85. The summed E-state index contributed by atoms with van der Waals surface area (Å²) in [6.07, 6.45) is 4.93. The van der Waals surface area contributed by atoms with Crippen LogP contribution in [0.5, 0.6) is 0 Å². The average molecular weight is 182 g/mol. The average Bonchev–Trinajstić information content (AvgIpc) is 2.17. The molecule has 1 rings (SSSR count). The van der Waals surface area contributed by atoms with E-state index in [2.05, 4.69) is 33.8 Å². The molecule has 74 valence electrons. The lowest BCUT2D eigenvalue weighted by molar-refractivity contribution is 0.00578. The standard InChI is InChI=1S/C10H19BO2/c1-6-7-8-11-12-9(2,3)10(4,5)13-11/h6-7H,8H2,1-5H3. The molecule has 1 aliphatic rings. The smallest absolute Gasteiger partial charge is 0.403 e. The van der Waals surface area contributed by atoms with Crippen molar-refractivity contribution in [2.75, 3.05) is 0 Å².